The standard InChI is InChI=1S/C23H23NO7S/c1-24(32(26,27)20-12-10-18(28-2)11-13-20)17-6-8-19(9-7-17)31-23(25)16-5-14-21(29-3)22(15-16)30-4/h5-15H,1-4H3. The Kier molecular flexibility index (Phi) is 6.89. The summed E-state index contributed by atoms with van der Waals surface area (Å²) in [5.41, 5.74) is 0.692. The van der Waals surface area contributed by atoms with Crippen LogP contribution in [0.5, 0.6) is 23.0 Å². The minimum atomic E-state index is -3.77. The third-order valence-electron chi connectivity index (χ3n) is 4.75. The highest BCUT2D eigenvalue weighted by Gasteiger charge is 2.21. The van der Waals surface area contributed by atoms with Gasteiger partial charge in [0.25, 0.3) is 10.0 Å². The first kappa shape index (κ1) is 23.0. The van der Waals surface area contributed by atoms with Gasteiger partial charge < -0.3 is 18.9 Å². The number of ether oxygens (including phenoxy) is 4. The second-order valence-corrected chi connectivity index (χ2v) is 8.57. The molecule has 9 heteroatoms. The van der Waals surface area contributed by atoms with Crippen LogP contribution in [-0.2, 0) is 10.0 Å². The fourth-order valence-electron chi connectivity index (χ4n) is 2.90. The van der Waals surface area contributed by atoms with Crippen LogP contribution in [0, 0.1) is 0 Å². The molecular formula is C23H23NO7S. The van der Waals surface area contributed by atoms with Crippen molar-refractivity contribution >= 4 is 21.7 Å². The number of nitrogens with zero attached hydrogens (tertiary/aromatic N) is 1. The number of carbonyl (C=O) groups excluding carboxylic acids is 1. The van der Waals surface area contributed by atoms with Gasteiger partial charge in [-0.1, -0.05) is 0 Å². The Labute approximate surface area is 187 Å². The summed E-state index contributed by atoms with van der Waals surface area (Å²) in [5, 5.41) is 0. The Morgan fingerprint density at radius 1 is 0.750 bits per heavy atom. The van der Waals surface area contributed by atoms with E-state index in [9.17, 15) is 13.2 Å². The van der Waals surface area contributed by atoms with E-state index in [1.807, 2.05) is 0 Å². The largest absolute Gasteiger partial charge is 0.497 e. The van der Waals surface area contributed by atoms with Crippen LogP contribution in [-0.4, -0.2) is 42.8 Å². The van der Waals surface area contributed by atoms with Gasteiger partial charge in [-0.2, -0.15) is 0 Å². The first-order chi connectivity index (χ1) is 15.3. The normalized spacial score (nSPS) is 10.9. The SMILES string of the molecule is COc1ccc(S(=O)(=O)N(C)c2ccc(OC(=O)c3ccc(OC)c(OC)c3)cc2)cc1. The molecule has 8 nitrogen and oxygen atoms in total. The maximum atomic E-state index is 12.9. The van der Waals surface area contributed by atoms with Crippen molar-refractivity contribution in [2.75, 3.05) is 32.7 Å². The summed E-state index contributed by atoms with van der Waals surface area (Å²) >= 11 is 0. The molecule has 0 spiro atoms. The number of carbonyl (C=O) groups is 1. The van der Waals surface area contributed by atoms with Gasteiger partial charge in [0.1, 0.15) is 11.5 Å². The van der Waals surface area contributed by atoms with E-state index in [0.29, 0.717) is 22.9 Å². The summed E-state index contributed by atoms with van der Waals surface area (Å²) in [4.78, 5) is 12.6. The highest BCUT2D eigenvalue weighted by atomic mass is 32.2. The smallest absolute Gasteiger partial charge is 0.343 e. The van der Waals surface area contributed by atoms with Gasteiger partial charge in [-0.05, 0) is 66.7 Å². The van der Waals surface area contributed by atoms with E-state index >= 15 is 0 Å². The Bertz CT molecular complexity index is 1190. The Morgan fingerprint density at radius 3 is 1.91 bits per heavy atom. The highest BCUT2D eigenvalue weighted by Crippen LogP contribution is 2.29. The zero-order valence-corrected chi connectivity index (χ0v) is 18.9. The zero-order chi connectivity index (χ0) is 23.3. The minimum Gasteiger partial charge on any atom is -0.497 e. The van der Waals surface area contributed by atoms with Crippen molar-refractivity contribution in [3.05, 3.63) is 72.3 Å². The van der Waals surface area contributed by atoms with E-state index in [4.69, 9.17) is 18.9 Å². The van der Waals surface area contributed by atoms with Crippen molar-refractivity contribution in [1.29, 1.82) is 0 Å². The van der Waals surface area contributed by atoms with Crippen LogP contribution >= 0.6 is 0 Å². The predicted octanol–water partition coefficient (Wildman–Crippen LogP) is 3.76. The molecule has 0 radical (unpaired) electrons. The molecule has 3 aromatic carbocycles. The quantitative estimate of drug-likeness (QED) is 0.376. The molecule has 0 unspecified atom stereocenters. The van der Waals surface area contributed by atoms with Gasteiger partial charge in [0, 0.05) is 7.05 Å². The molecule has 0 amide bonds. The van der Waals surface area contributed by atoms with Crippen molar-refractivity contribution in [2.24, 2.45) is 0 Å². The van der Waals surface area contributed by atoms with E-state index in [1.165, 1.54) is 58.7 Å². The van der Waals surface area contributed by atoms with Crippen molar-refractivity contribution in [3.8, 4) is 23.0 Å². The summed E-state index contributed by atoms with van der Waals surface area (Å²) in [6.45, 7) is 0. The van der Waals surface area contributed by atoms with Crippen molar-refractivity contribution in [3.63, 3.8) is 0 Å². The van der Waals surface area contributed by atoms with Gasteiger partial charge in [0.2, 0.25) is 0 Å². The zero-order valence-electron chi connectivity index (χ0n) is 18.1. The summed E-state index contributed by atoms with van der Waals surface area (Å²) in [7, 11) is 2.17. The molecule has 0 saturated carbocycles. The number of hydrogen-bond donors (Lipinski definition) is 0. The van der Waals surface area contributed by atoms with Crippen molar-refractivity contribution < 1.29 is 32.2 Å². The molecule has 3 rings (SSSR count). The molecule has 0 bridgehead atoms. The summed E-state index contributed by atoms with van der Waals surface area (Å²) < 4.78 is 47.7. The molecule has 32 heavy (non-hydrogen) atoms. The first-order valence-electron chi connectivity index (χ1n) is 9.47. The number of methoxy groups -OCH3 is 3. The van der Waals surface area contributed by atoms with Gasteiger partial charge >= 0.3 is 5.97 Å². The van der Waals surface area contributed by atoms with Gasteiger partial charge in [-0.15, -0.1) is 0 Å². The maximum absolute atomic E-state index is 12.9. The molecule has 168 valence electrons. The van der Waals surface area contributed by atoms with Crippen molar-refractivity contribution in [1.82, 2.24) is 0 Å². The first-order valence-corrected chi connectivity index (χ1v) is 10.9. The lowest BCUT2D eigenvalue weighted by atomic mass is 10.2. The third-order valence-corrected chi connectivity index (χ3v) is 6.55. The highest BCUT2D eigenvalue weighted by molar-refractivity contribution is 7.92. The molecule has 0 saturated heterocycles. The van der Waals surface area contributed by atoms with E-state index in [-0.39, 0.29) is 16.2 Å². The van der Waals surface area contributed by atoms with Gasteiger partial charge in [-0.3, -0.25) is 4.31 Å². The van der Waals surface area contributed by atoms with E-state index < -0.39 is 16.0 Å². The second-order valence-electron chi connectivity index (χ2n) is 6.60. The molecule has 0 aliphatic heterocycles. The number of anilines is 1. The molecule has 0 heterocycles. The van der Waals surface area contributed by atoms with Crippen LogP contribution in [0.2, 0.25) is 0 Å². The summed E-state index contributed by atoms with van der Waals surface area (Å²) in [5.74, 6) is 1.14. The van der Waals surface area contributed by atoms with Crippen LogP contribution in [0.15, 0.2) is 71.6 Å². The molecule has 0 aliphatic carbocycles. The molecule has 0 aliphatic rings. The van der Waals surface area contributed by atoms with Crippen LogP contribution < -0.4 is 23.3 Å². The Balaban J connectivity index is 1.74. The maximum Gasteiger partial charge on any atom is 0.343 e. The van der Waals surface area contributed by atoms with E-state index in [0.717, 1.165) is 4.31 Å². The van der Waals surface area contributed by atoms with Crippen LogP contribution in [0.3, 0.4) is 0 Å². The number of esters is 1. The fourth-order valence-corrected chi connectivity index (χ4v) is 4.09. The van der Waals surface area contributed by atoms with Gasteiger partial charge in [0.05, 0.1) is 37.5 Å². The average Bonchev–Trinajstić information content (AvgIpc) is 2.83. The monoisotopic (exact) mass is 457 g/mol. The van der Waals surface area contributed by atoms with Crippen LogP contribution in [0.4, 0.5) is 5.69 Å². The van der Waals surface area contributed by atoms with E-state index in [1.54, 1.807) is 36.4 Å². The molecule has 0 fully saturated rings. The van der Waals surface area contributed by atoms with Gasteiger partial charge in [0.15, 0.2) is 11.5 Å². The van der Waals surface area contributed by atoms with Gasteiger partial charge in [-0.25, -0.2) is 13.2 Å². The lowest BCUT2D eigenvalue weighted by molar-refractivity contribution is 0.0734. The molecule has 3 aromatic rings. The van der Waals surface area contributed by atoms with Crippen LogP contribution in [0.25, 0.3) is 0 Å². The lowest BCUT2D eigenvalue weighted by Crippen LogP contribution is -2.26. The topological polar surface area (TPSA) is 91.4 Å². The summed E-state index contributed by atoms with van der Waals surface area (Å²) in [6.07, 6.45) is 0. The number of benzene rings is 3. The van der Waals surface area contributed by atoms with Crippen molar-refractivity contribution in [2.45, 2.75) is 4.90 Å². The Morgan fingerprint density at radius 2 is 1.34 bits per heavy atom. The fraction of sp³-hybridized carbons (Fsp3) is 0.174. The third kappa shape index (κ3) is 4.78. The molecule has 0 N–H and O–H groups in total. The lowest BCUT2D eigenvalue weighted by Gasteiger charge is -2.20. The Hall–Kier alpha value is -3.72. The molecule has 0 atom stereocenters. The number of rotatable bonds is 8. The molecular weight excluding hydrogens is 434 g/mol. The average molecular weight is 458 g/mol. The van der Waals surface area contributed by atoms with Crippen LogP contribution in [0.1, 0.15) is 10.4 Å². The number of sulfonamides is 1. The summed E-state index contributed by atoms with van der Waals surface area (Å²) in [6, 6.07) is 17.0. The molecule has 0 aromatic heterocycles. The number of hydrogen-bond acceptors (Lipinski definition) is 7. The minimum absolute atomic E-state index is 0.129. The van der Waals surface area contributed by atoms with E-state index in [2.05, 4.69) is 0 Å². The predicted molar refractivity (Wildman–Crippen MR) is 120 cm³/mol. The second kappa shape index (κ2) is 9.61.